The molecule has 1 aliphatic rings. The maximum Gasteiger partial charge on any atom is 0.256 e. The summed E-state index contributed by atoms with van der Waals surface area (Å²) in [5.74, 6) is 0.243. The third-order valence-corrected chi connectivity index (χ3v) is 4.53. The van der Waals surface area contributed by atoms with E-state index in [4.69, 9.17) is 0 Å². The van der Waals surface area contributed by atoms with Crippen LogP contribution in [0.1, 0.15) is 25.0 Å². The predicted octanol–water partition coefficient (Wildman–Crippen LogP) is 3.69. The van der Waals surface area contributed by atoms with Crippen LogP contribution in [-0.4, -0.2) is 22.7 Å². The summed E-state index contributed by atoms with van der Waals surface area (Å²) in [4.78, 5) is 19.5. The summed E-state index contributed by atoms with van der Waals surface area (Å²) in [7, 11) is 0. The molecule has 2 aromatic carbocycles. The molecule has 0 saturated carbocycles. The van der Waals surface area contributed by atoms with Gasteiger partial charge in [0.15, 0.2) is 0 Å². The average Bonchev–Trinajstić information content (AvgIpc) is 2.87. The van der Waals surface area contributed by atoms with E-state index in [1.54, 1.807) is 11.2 Å². The minimum Gasteiger partial charge on any atom is -0.297 e. The molecule has 0 aliphatic carbocycles. The first-order valence-electron chi connectivity index (χ1n) is 8.06. The van der Waals surface area contributed by atoms with E-state index >= 15 is 0 Å². The molecule has 0 fully saturated rings. The van der Waals surface area contributed by atoms with Gasteiger partial charge in [-0.2, -0.15) is 0 Å². The highest BCUT2D eigenvalue weighted by Crippen LogP contribution is 2.33. The second-order valence-corrected chi connectivity index (χ2v) is 6.40. The lowest BCUT2D eigenvalue weighted by atomic mass is 9.81. The Morgan fingerprint density at radius 3 is 2.09 bits per heavy atom. The van der Waals surface area contributed by atoms with Crippen LogP contribution in [0.15, 0.2) is 65.7 Å². The topological polar surface area (TPSA) is 32.7 Å². The van der Waals surface area contributed by atoms with Crippen LogP contribution in [0.5, 0.6) is 0 Å². The summed E-state index contributed by atoms with van der Waals surface area (Å²) in [6.45, 7) is 4.72. The van der Waals surface area contributed by atoms with Crippen molar-refractivity contribution in [3.8, 4) is 0 Å². The third kappa shape index (κ3) is 3.04. The van der Waals surface area contributed by atoms with E-state index in [9.17, 15) is 4.79 Å². The van der Waals surface area contributed by atoms with E-state index in [0.717, 1.165) is 11.1 Å². The van der Waals surface area contributed by atoms with Gasteiger partial charge in [-0.05, 0) is 17.0 Å². The van der Waals surface area contributed by atoms with Crippen LogP contribution in [0.25, 0.3) is 0 Å². The van der Waals surface area contributed by atoms with Gasteiger partial charge in [-0.15, -0.1) is 0 Å². The van der Waals surface area contributed by atoms with Crippen molar-refractivity contribution >= 4 is 12.2 Å². The Bertz CT molecular complexity index is 694. The standard InChI is InChI=1S/C20H22N2O/c1-16(2)20(13-17-9-5-3-6-10-17)19(23)22(15-21-20)14-18-11-7-4-8-12-18/h3-12,15-16H,13-14H2,1-2H3. The Kier molecular flexibility index (Phi) is 4.28. The SMILES string of the molecule is CC(C)C1(Cc2ccccc2)N=CN(Cc2ccccc2)C1=O. The number of carbonyl (C=O) groups is 1. The third-order valence-electron chi connectivity index (χ3n) is 4.53. The Labute approximate surface area is 137 Å². The molecule has 0 bridgehead atoms. The molecule has 23 heavy (non-hydrogen) atoms. The second kappa shape index (κ2) is 6.37. The normalized spacial score (nSPS) is 20.5. The smallest absolute Gasteiger partial charge is 0.256 e. The Morgan fingerprint density at radius 1 is 0.957 bits per heavy atom. The fourth-order valence-electron chi connectivity index (χ4n) is 3.05. The zero-order chi connectivity index (χ0) is 16.3. The lowest BCUT2D eigenvalue weighted by molar-refractivity contribution is -0.132. The molecule has 2 aromatic rings. The van der Waals surface area contributed by atoms with Gasteiger partial charge in [0.05, 0.1) is 12.9 Å². The summed E-state index contributed by atoms with van der Waals surface area (Å²) in [6.07, 6.45) is 2.37. The summed E-state index contributed by atoms with van der Waals surface area (Å²) in [5.41, 5.74) is 1.58. The monoisotopic (exact) mass is 306 g/mol. The number of hydrogen-bond acceptors (Lipinski definition) is 2. The van der Waals surface area contributed by atoms with Crippen LogP contribution >= 0.6 is 0 Å². The summed E-state index contributed by atoms with van der Waals surface area (Å²) < 4.78 is 0. The molecule has 1 atom stereocenters. The number of amides is 1. The lowest BCUT2D eigenvalue weighted by Crippen LogP contribution is -2.46. The number of hydrogen-bond donors (Lipinski definition) is 0. The minimum atomic E-state index is -0.684. The van der Waals surface area contributed by atoms with E-state index in [1.807, 2.05) is 48.5 Å². The Hall–Kier alpha value is -2.42. The van der Waals surface area contributed by atoms with Crippen molar-refractivity contribution in [2.75, 3.05) is 0 Å². The maximum atomic E-state index is 13.1. The van der Waals surface area contributed by atoms with E-state index < -0.39 is 5.54 Å². The largest absolute Gasteiger partial charge is 0.297 e. The van der Waals surface area contributed by atoms with Crippen molar-refractivity contribution in [2.45, 2.75) is 32.4 Å². The van der Waals surface area contributed by atoms with Gasteiger partial charge in [0, 0.05) is 6.42 Å². The van der Waals surface area contributed by atoms with Crippen LogP contribution in [-0.2, 0) is 17.8 Å². The quantitative estimate of drug-likeness (QED) is 0.829. The van der Waals surface area contributed by atoms with E-state index in [1.165, 1.54) is 0 Å². The highest BCUT2D eigenvalue weighted by Gasteiger charge is 2.47. The lowest BCUT2D eigenvalue weighted by Gasteiger charge is -2.30. The number of benzene rings is 2. The fraction of sp³-hybridized carbons (Fsp3) is 0.300. The molecule has 0 aromatic heterocycles. The molecular weight excluding hydrogens is 284 g/mol. The predicted molar refractivity (Wildman–Crippen MR) is 93.2 cm³/mol. The van der Waals surface area contributed by atoms with Crippen LogP contribution < -0.4 is 0 Å². The zero-order valence-electron chi connectivity index (χ0n) is 13.6. The highest BCUT2D eigenvalue weighted by atomic mass is 16.2. The van der Waals surface area contributed by atoms with E-state index in [2.05, 4.69) is 31.0 Å². The molecule has 3 heteroatoms. The molecule has 0 N–H and O–H groups in total. The van der Waals surface area contributed by atoms with Gasteiger partial charge < -0.3 is 0 Å². The molecule has 3 rings (SSSR count). The minimum absolute atomic E-state index is 0.0974. The van der Waals surface area contributed by atoms with Crippen molar-refractivity contribution in [1.82, 2.24) is 4.90 Å². The first kappa shape index (κ1) is 15.5. The summed E-state index contributed by atoms with van der Waals surface area (Å²) in [6, 6.07) is 20.2. The van der Waals surface area contributed by atoms with Crippen LogP contribution in [0, 0.1) is 5.92 Å². The molecule has 118 valence electrons. The molecule has 3 nitrogen and oxygen atoms in total. The van der Waals surface area contributed by atoms with Gasteiger partial charge in [0.1, 0.15) is 5.54 Å². The van der Waals surface area contributed by atoms with Gasteiger partial charge >= 0.3 is 0 Å². The molecule has 1 aliphatic heterocycles. The number of rotatable bonds is 5. The van der Waals surface area contributed by atoms with Gasteiger partial charge in [-0.25, -0.2) is 0 Å². The number of nitrogens with zero attached hydrogens (tertiary/aromatic N) is 2. The molecule has 0 saturated heterocycles. The molecule has 0 spiro atoms. The van der Waals surface area contributed by atoms with Crippen LogP contribution in [0.4, 0.5) is 0 Å². The molecule has 1 unspecified atom stereocenters. The van der Waals surface area contributed by atoms with Crippen molar-refractivity contribution in [3.63, 3.8) is 0 Å². The first-order chi connectivity index (χ1) is 11.1. The molecular formula is C20H22N2O. The number of aliphatic imine (C=N–C) groups is 1. The van der Waals surface area contributed by atoms with E-state index in [-0.39, 0.29) is 11.8 Å². The van der Waals surface area contributed by atoms with Gasteiger partial charge in [0.2, 0.25) is 0 Å². The average molecular weight is 306 g/mol. The van der Waals surface area contributed by atoms with Gasteiger partial charge in [-0.3, -0.25) is 14.7 Å². The highest BCUT2D eigenvalue weighted by molar-refractivity contribution is 6.00. The fourth-order valence-corrected chi connectivity index (χ4v) is 3.05. The Balaban J connectivity index is 1.82. The molecule has 1 amide bonds. The van der Waals surface area contributed by atoms with Gasteiger partial charge in [0.25, 0.3) is 5.91 Å². The number of carbonyl (C=O) groups excluding carboxylic acids is 1. The van der Waals surface area contributed by atoms with Crippen molar-refractivity contribution < 1.29 is 4.79 Å². The second-order valence-electron chi connectivity index (χ2n) is 6.40. The summed E-state index contributed by atoms with van der Waals surface area (Å²) >= 11 is 0. The van der Waals surface area contributed by atoms with E-state index in [0.29, 0.717) is 13.0 Å². The Morgan fingerprint density at radius 2 is 1.52 bits per heavy atom. The van der Waals surface area contributed by atoms with Crippen molar-refractivity contribution in [1.29, 1.82) is 0 Å². The molecule has 1 heterocycles. The maximum absolute atomic E-state index is 13.1. The zero-order valence-corrected chi connectivity index (χ0v) is 13.6. The van der Waals surface area contributed by atoms with Crippen molar-refractivity contribution in [3.05, 3.63) is 71.8 Å². The summed E-state index contributed by atoms with van der Waals surface area (Å²) in [5, 5.41) is 0. The van der Waals surface area contributed by atoms with Crippen LogP contribution in [0.3, 0.4) is 0 Å². The van der Waals surface area contributed by atoms with Crippen molar-refractivity contribution in [2.24, 2.45) is 10.9 Å². The van der Waals surface area contributed by atoms with Gasteiger partial charge in [-0.1, -0.05) is 74.5 Å². The first-order valence-corrected chi connectivity index (χ1v) is 8.06. The molecule has 0 radical (unpaired) electrons. The van der Waals surface area contributed by atoms with Crippen LogP contribution in [0.2, 0.25) is 0 Å².